The number of rotatable bonds is 2. The van der Waals surface area contributed by atoms with Gasteiger partial charge in [0.2, 0.25) is 5.96 Å². The number of hydrogen-bond acceptors (Lipinski definition) is 3. The first kappa shape index (κ1) is 10.5. The highest BCUT2D eigenvalue weighted by molar-refractivity contribution is 9.10. The van der Waals surface area contributed by atoms with Crippen LogP contribution in [0.25, 0.3) is 0 Å². The van der Waals surface area contributed by atoms with E-state index in [0.29, 0.717) is 4.47 Å². The van der Waals surface area contributed by atoms with Crippen molar-refractivity contribution in [2.75, 3.05) is 0 Å². The molecule has 0 unspecified atom stereocenters. The lowest BCUT2D eigenvalue weighted by Crippen LogP contribution is -2.21. The van der Waals surface area contributed by atoms with E-state index in [0.717, 1.165) is 5.56 Å². The lowest BCUT2D eigenvalue weighted by molar-refractivity contribution is 0.472. The number of guanidine groups is 1. The van der Waals surface area contributed by atoms with Crippen LogP contribution < -0.4 is 11.5 Å². The fourth-order valence-electron chi connectivity index (χ4n) is 0.766. The van der Waals surface area contributed by atoms with Crippen LogP contribution in [-0.2, 0) is 0 Å². The molecular formula is C8H9BrN4O. The van der Waals surface area contributed by atoms with E-state index >= 15 is 0 Å². The summed E-state index contributed by atoms with van der Waals surface area (Å²) in [6.45, 7) is 0. The molecule has 0 heterocycles. The van der Waals surface area contributed by atoms with Gasteiger partial charge in [-0.25, -0.2) is 0 Å². The highest BCUT2D eigenvalue weighted by Crippen LogP contribution is 2.23. The summed E-state index contributed by atoms with van der Waals surface area (Å²) >= 11 is 3.17. The average molecular weight is 257 g/mol. The van der Waals surface area contributed by atoms with Gasteiger partial charge in [0.1, 0.15) is 5.75 Å². The van der Waals surface area contributed by atoms with Gasteiger partial charge in [-0.05, 0) is 39.7 Å². The van der Waals surface area contributed by atoms with Crippen LogP contribution in [0.15, 0.2) is 32.9 Å². The molecule has 0 amide bonds. The maximum atomic E-state index is 9.20. The number of benzene rings is 1. The summed E-state index contributed by atoms with van der Waals surface area (Å²) in [6.07, 6.45) is 1.48. The summed E-state index contributed by atoms with van der Waals surface area (Å²) in [7, 11) is 0. The Morgan fingerprint density at radius 3 is 2.71 bits per heavy atom. The normalized spacial score (nSPS) is 10.4. The molecule has 0 radical (unpaired) electrons. The number of phenols is 1. The van der Waals surface area contributed by atoms with Crippen LogP contribution in [0.3, 0.4) is 0 Å². The van der Waals surface area contributed by atoms with Gasteiger partial charge in [-0.3, -0.25) is 0 Å². The first-order valence-electron chi connectivity index (χ1n) is 3.70. The molecule has 5 N–H and O–H groups in total. The molecule has 0 spiro atoms. The van der Waals surface area contributed by atoms with Crippen molar-refractivity contribution in [2.24, 2.45) is 21.7 Å². The van der Waals surface area contributed by atoms with Gasteiger partial charge in [0.25, 0.3) is 0 Å². The van der Waals surface area contributed by atoms with Crippen molar-refractivity contribution in [1.29, 1.82) is 0 Å². The maximum Gasteiger partial charge on any atom is 0.211 e. The number of nitrogens with two attached hydrogens (primary N) is 2. The molecule has 0 bridgehead atoms. The molecule has 0 saturated carbocycles. The molecular weight excluding hydrogens is 248 g/mol. The molecule has 1 aromatic rings. The Hall–Kier alpha value is -1.56. The number of nitrogens with zero attached hydrogens (tertiary/aromatic N) is 2. The Balaban J connectivity index is 2.83. The minimum Gasteiger partial charge on any atom is -0.507 e. The van der Waals surface area contributed by atoms with Gasteiger partial charge in [-0.15, -0.1) is 5.10 Å². The van der Waals surface area contributed by atoms with Gasteiger partial charge in [-0.2, -0.15) is 5.10 Å². The largest absolute Gasteiger partial charge is 0.507 e. The zero-order valence-electron chi connectivity index (χ0n) is 7.18. The smallest absolute Gasteiger partial charge is 0.211 e. The second-order valence-electron chi connectivity index (χ2n) is 2.48. The van der Waals surface area contributed by atoms with Gasteiger partial charge >= 0.3 is 0 Å². The zero-order chi connectivity index (χ0) is 10.6. The molecule has 0 fully saturated rings. The third-order valence-electron chi connectivity index (χ3n) is 1.35. The van der Waals surface area contributed by atoms with Crippen LogP contribution >= 0.6 is 15.9 Å². The van der Waals surface area contributed by atoms with Crippen LogP contribution in [0.4, 0.5) is 0 Å². The molecule has 14 heavy (non-hydrogen) atoms. The molecule has 5 nitrogen and oxygen atoms in total. The molecule has 0 aromatic heterocycles. The number of aromatic hydroxyl groups is 1. The van der Waals surface area contributed by atoms with E-state index in [1.54, 1.807) is 18.2 Å². The third-order valence-corrected chi connectivity index (χ3v) is 1.99. The summed E-state index contributed by atoms with van der Waals surface area (Å²) in [5.74, 6) is 0.0723. The van der Waals surface area contributed by atoms with E-state index in [1.807, 2.05) is 0 Å². The standard InChI is InChI=1S/C8H9BrN4O/c9-6-3-5(1-2-7(6)14)4-12-13-8(10)11/h1-4,14H,(H4,10,11,13). The van der Waals surface area contributed by atoms with Gasteiger partial charge < -0.3 is 16.6 Å². The topological polar surface area (TPSA) is 97.0 Å². The Bertz CT molecular complexity index is 385. The van der Waals surface area contributed by atoms with Crippen molar-refractivity contribution in [2.45, 2.75) is 0 Å². The molecule has 0 atom stereocenters. The Kier molecular flexibility index (Phi) is 3.47. The summed E-state index contributed by atoms with van der Waals surface area (Å²) in [5.41, 5.74) is 10.9. The predicted octanol–water partition coefficient (Wildman–Crippen LogP) is 0.762. The molecule has 0 aliphatic heterocycles. The van der Waals surface area contributed by atoms with Gasteiger partial charge in [-0.1, -0.05) is 0 Å². The van der Waals surface area contributed by atoms with Crippen LogP contribution in [0, 0.1) is 0 Å². The molecule has 1 rings (SSSR count). The fourth-order valence-corrected chi connectivity index (χ4v) is 1.16. The molecule has 0 aliphatic carbocycles. The second-order valence-corrected chi connectivity index (χ2v) is 3.33. The number of phenolic OH excluding ortho intramolecular Hbond substituents is 1. The lowest BCUT2D eigenvalue weighted by Gasteiger charge is -1.96. The predicted molar refractivity (Wildman–Crippen MR) is 59.2 cm³/mol. The highest BCUT2D eigenvalue weighted by Gasteiger charge is 1.96. The van der Waals surface area contributed by atoms with Crippen molar-refractivity contribution < 1.29 is 5.11 Å². The molecule has 6 heteroatoms. The fraction of sp³-hybridized carbons (Fsp3) is 0. The first-order chi connectivity index (χ1) is 6.59. The minimum absolute atomic E-state index is 0.0981. The Morgan fingerprint density at radius 2 is 2.14 bits per heavy atom. The number of hydrogen-bond donors (Lipinski definition) is 3. The van der Waals surface area contributed by atoms with Gasteiger partial charge in [0.15, 0.2) is 0 Å². The van der Waals surface area contributed by atoms with Crippen molar-refractivity contribution in [3.05, 3.63) is 28.2 Å². The first-order valence-corrected chi connectivity index (χ1v) is 4.49. The van der Waals surface area contributed by atoms with E-state index in [9.17, 15) is 5.11 Å². The number of halogens is 1. The van der Waals surface area contributed by atoms with E-state index in [1.165, 1.54) is 6.21 Å². The summed E-state index contributed by atoms with van der Waals surface area (Å²) in [4.78, 5) is 0. The Labute approximate surface area is 89.3 Å². The maximum absolute atomic E-state index is 9.20. The van der Waals surface area contributed by atoms with Crippen molar-refractivity contribution in [1.82, 2.24) is 0 Å². The van der Waals surface area contributed by atoms with E-state index < -0.39 is 0 Å². The minimum atomic E-state index is -0.0981. The quantitative estimate of drug-likeness (QED) is 0.414. The van der Waals surface area contributed by atoms with Crippen molar-refractivity contribution >= 4 is 28.1 Å². The van der Waals surface area contributed by atoms with Gasteiger partial charge in [0, 0.05) is 0 Å². The van der Waals surface area contributed by atoms with E-state index in [2.05, 4.69) is 26.1 Å². The van der Waals surface area contributed by atoms with E-state index in [-0.39, 0.29) is 11.7 Å². The zero-order valence-corrected chi connectivity index (χ0v) is 8.77. The molecule has 0 saturated heterocycles. The SMILES string of the molecule is NC(N)=NN=Cc1ccc(O)c(Br)c1. The van der Waals surface area contributed by atoms with Crippen molar-refractivity contribution in [3.8, 4) is 5.75 Å². The van der Waals surface area contributed by atoms with Gasteiger partial charge in [0.05, 0.1) is 10.7 Å². The molecule has 0 aliphatic rings. The monoisotopic (exact) mass is 256 g/mol. The van der Waals surface area contributed by atoms with Crippen LogP contribution in [0.5, 0.6) is 5.75 Å². The molecule has 74 valence electrons. The van der Waals surface area contributed by atoms with Crippen LogP contribution in [0.1, 0.15) is 5.56 Å². The van der Waals surface area contributed by atoms with Crippen LogP contribution in [0.2, 0.25) is 0 Å². The summed E-state index contributed by atoms with van der Waals surface area (Å²) in [5, 5.41) is 16.3. The third kappa shape index (κ3) is 3.06. The Morgan fingerprint density at radius 1 is 1.43 bits per heavy atom. The second kappa shape index (κ2) is 4.61. The highest BCUT2D eigenvalue weighted by atomic mass is 79.9. The van der Waals surface area contributed by atoms with E-state index in [4.69, 9.17) is 11.5 Å². The lowest BCUT2D eigenvalue weighted by atomic mass is 10.2. The molecule has 1 aromatic carbocycles. The average Bonchev–Trinajstić information content (AvgIpc) is 2.10. The van der Waals surface area contributed by atoms with Crippen LogP contribution in [-0.4, -0.2) is 17.3 Å². The summed E-state index contributed by atoms with van der Waals surface area (Å²) < 4.78 is 0.589. The van der Waals surface area contributed by atoms with Crippen molar-refractivity contribution in [3.63, 3.8) is 0 Å². The summed E-state index contributed by atoms with van der Waals surface area (Å²) in [6, 6.07) is 4.92.